The normalized spacial score (nSPS) is 21.1. The number of nitrogens with zero attached hydrogens (tertiary/aromatic N) is 4. The Labute approximate surface area is 214 Å². The van der Waals surface area contributed by atoms with Crippen LogP contribution in [0.3, 0.4) is 0 Å². The molecule has 1 aromatic carbocycles. The first-order valence-electron chi connectivity index (χ1n) is 11.7. The number of ether oxygens (including phenoxy) is 1. The van der Waals surface area contributed by atoms with Gasteiger partial charge in [0.05, 0.1) is 19.5 Å². The minimum atomic E-state index is -4.00. The van der Waals surface area contributed by atoms with E-state index in [0.29, 0.717) is 5.56 Å². The van der Waals surface area contributed by atoms with Gasteiger partial charge in [0.2, 0.25) is 10.0 Å². The Kier molecular flexibility index (Phi) is 8.52. The molecule has 0 bridgehead atoms. The third-order valence-corrected chi connectivity index (χ3v) is 9.69. The summed E-state index contributed by atoms with van der Waals surface area (Å²) in [5, 5.41) is 9.69. The summed E-state index contributed by atoms with van der Waals surface area (Å²) in [6, 6.07) is 3.96. The number of hydrogen-bond donors (Lipinski definition) is 1. The van der Waals surface area contributed by atoms with E-state index >= 15 is 0 Å². The Morgan fingerprint density at radius 3 is 2.58 bits per heavy atom. The number of aryl methyl sites for hydroxylation is 1. The fourth-order valence-corrected chi connectivity index (χ4v) is 6.75. The Morgan fingerprint density at radius 1 is 1.31 bits per heavy atom. The molecular formula is C24H34N4O6S2. The number of rotatable bonds is 6. The molecule has 36 heavy (non-hydrogen) atoms. The van der Waals surface area contributed by atoms with E-state index in [2.05, 4.69) is 16.8 Å². The van der Waals surface area contributed by atoms with Gasteiger partial charge in [-0.3, -0.25) is 0 Å². The third kappa shape index (κ3) is 5.92. The molecule has 2 heterocycles. The summed E-state index contributed by atoms with van der Waals surface area (Å²) in [6.07, 6.45) is 2.13. The van der Waals surface area contributed by atoms with Crippen molar-refractivity contribution < 1.29 is 26.7 Å². The van der Waals surface area contributed by atoms with Gasteiger partial charge < -0.3 is 14.4 Å². The molecule has 0 fully saturated rings. The van der Waals surface area contributed by atoms with Crippen molar-refractivity contribution >= 4 is 20.0 Å². The number of sulfonamides is 2. The molecule has 1 N–H and O–H groups in total. The quantitative estimate of drug-likeness (QED) is 0.554. The van der Waals surface area contributed by atoms with Crippen LogP contribution in [0.2, 0.25) is 0 Å². The van der Waals surface area contributed by atoms with E-state index in [1.54, 1.807) is 37.6 Å². The van der Waals surface area contributed by atoms with Crippen molar-refractivity contribution in [3.63, 3.8) is 0 Å². The zero-order valence-electron chi connectivity index (χ0n) is 21.4. The maximum Gasteiger partial charge on any atom is 0.261 e. The van der Waals surface area contributed by atoms with Crippen LogP contribution in [0.15, 0.2) is 40.6 Å². The van der Waals surface area contributed by atoms with E-state index in [-0.39, 0.29) is 41.3 Å². The van der Waals surface area contributed by atoms with Crippen LogP contribution in [0, 0.1) is 23.7 Å². The van der Waals surface area contributed by atoms with E-state index < -0.39 is 38.1 Å². The maximum atomic E-state index is 13.6. The molecule has 0 radical (unpaired) electrons. The monoisotopic (exact) mass is 538 g/mol. The van der Waals surface area contributed by atoms with Crippen LogP contribution in [0.5, 0.6) is 5.75 Å². The maximum absolute atomic E-state index is 13.6. The molecule has 0 saturated carbocycles. The predicted octanol–water partition coefficient (Wildman–Crippen LogP) is 1.52. The van der Waals surface area contributed by atoms with Gasteiger partial charge in [-0.2, -0.15) is 8.61 Å². The number of aliphatic hydroxyl groups excluding tert-OH is 1. The lowest BCUT2D eigenvalue weighted by Gasteiger charge is -2.37. The molecule has 1 aliphatic rings. The summed E-state index contributed by atoms with van der Waals surface area (Å²) in [4.78, 5) is 3.91. The highest BCUT2D eigenvalue weighted by Gasteiger charge is 2.39. The average Bonchev–Trinajstić information content (AvgIpc) is 3.26. The third-order valence-electron chi connectivity index (χ3n) is 5.97. The molecule has 10 nitrogen and oxygen atoms in total. The number of fused-ring (bicyclic) bond motifs is 1. The second-order valence-corrected chi connectivity index (χ2v) is 13.3. The van der Waals surface area contributed by atoms with E-state index in [0.717, 1.165) is 4.31 Å². The van der Waals surface area contributed by atoms with Crippen LogP contribution in [-0.2, 0) is 27.1 Å². The molecule has 0 unspecified atom stereocenters. The molecular weight excluding hydrogens is 504 g/mol. The number of imidazole rings is 1. The predicted molar refractivity (Wildman–Crippen MR) is 135 cm³/mol. The van der Waals surface area contributed by atoms with Crippen molar-refractivity contribution in [1.29, 1.82) is 0 Å². The fraction of sp³-hybridized carbons (Fsp3) is 0.542. The first-order chi connectivity index (χ1) is 16.8. The highest BCUT2D eigenvalue weighted by atomic mass is 32.2. The molecule has 2 aromatic rings. The minimum absolute atomic E-state index is 0.0389. The van der Waals surface area contributed by atoms with Crippen molar-refractivity contribution in [3.05, 3.63) is 36.3 Å². The molecule has 12 heteroatoms. The minimum Gasteiger partial charge on any atom is -0.487 e. The number of likely N-dealkylation sites (N-methyl/N-ethyl adjacent to an activating group) is 1. The lowest BCUT2D eigenvalue weighted by atomic mass is 10.0. The molecule has 0 spiro atoms. The van der Waals surface area contributed by atoms with Gasteiger partial charge in [-0.15, -0.1) is 0 Å². The standard InChI is InChI=1S/C24H34N4O6S2/c1-17(2)7-8-20-9-10-23-21(11-20)34-22(18(3)12-28(19(4)15-29)35(23,30)31)13-27(6)36(32,33)24-14-26(5)16-25-24/h9-11,14,16-19,22,29H,12-13,15H2,1-6H3/t18-,19-,22-/m0/s1. The van der Waals surface area contributed by atoms with Crippen molar-refractivity contribution in [2.24, 2.45) is 18.9 Å². The molecule has 3 rings (SSSR count). The summed E-state index contributed by atoms with van der Waals surface area (Å²) >= 11 is 0. The number of aliphatic hydroxyl groups is 1. The van der Waals surface area contributed by atoms with Crippen molar-refractivity contribution in [2.75, 3.05) is 26.7 Å². The summed E-state index contributed by atoms with van der Waals surface area (Å²) in [7, 11) is -4.78. The van der Waals surface area contributed by atoms with Crippen molar-refractivity contribution in [3.8, 4) is 17.6 Å². The fourth-order valence-electron chi connectivity index (χ4n) is 3.78. The number of hydrogen-bond acceptors (Lipinski definition) is 7. The molecule has 0 saturated heterocycles. The Hall–Kier alpha value is -2.43. The van der Waals surface area contributed by atoms with E-state index in [1.165, 1.54) is 29.9 Å². The van der Waals surface area contributed by atoms with E-state index in [1.807, 2.05) is 13.8 Å². The van der Waals surface area contributed by atoms with Crippen LogP contribution in [0.4, 0.5) is 0 Å². The van der Waals surface area contributed by atoms with Crippen molar-refractivity contribution in [2.45, 2.75) is 49.8 Å². The Morgan fingerprint density at radius 2 is 2.00 bits per heavy atom. The number of benzene rings is 1. The van der Waals surface area contributed by atoms with Crippen LogP contribution in [0.25, 0.3) is 0 Å². The van der Waals surface area contributed by atoms with Gasteiger partial charge in [0.1, 0.15) is 16.7 Å². The summed E-state index contributed by atoms with van der Waals surface area (Å²) < 4.78 is 63.5. The molecule has 0 aliphatic carbocycles. The first-order valence-corrected chi connectivity index (χ1v) is 14.5. The van der Waals surface area contributed by atoms with Gasteiger partial charge in [-0.25, -0.2) is 21.8 Å². The first kappa shape index (κ1) is 28.1. The molecule has 1 aromatic heterocycles. The van der Waals surface area contributed by atoms with Crippen LogP contribution >= 0.6 is 0 Å². The van der Waals surface area contributed by atoms with Crippen LogP contribution < -0.4 is 4.74 Å². The lowest BCUT2D eigenvalue weighted by molar-refractivity contribution is 0.0904. The van der Waals surface area contributed by atoms with Gasteiger partial charge in [0.25, 0.3) is 10.0 Å². The van der Waals surface area contributed by atoms with Crippen LogP contribution in [0.1, 0.15) is 33.3 Å². The topological polar surface area (TPSA) is 122 Å². The lowest BCUT2D eigenvalue weighted by Crippen LogP contribution is -2.50. The van der Waals surface area contributed by atoms with E-state index in [9.17, 15) is 21.9 Å². The van der Waals surface area contributed by atoms with Gasteiger partial charge >= 0.3 is 0 Å². The SMILES string of the molecule is CC(C)C#Cc1ccc2c(c1)O[C@@H](CN(C)S(=O)(=O)c1cn(C)cn1)[C@@H](C)CN([C@@H](C)CO)S2(=O)=O. The molecule has 0 amide bonds. The molecule has 1 aliphatic heterocycles. The van der Waals surface area contributed by atoms with E-state index in [4.69, 9.17) is 4.74 Å². The largest absolute Gasteiger partial charge is 0.487 e. The summed E-state index contributed by atoms with van der Waals surface area (Å²) in [5.74, 6) is 5.88. The zero-order chi connectivity index (χ0) is 26.8. The highest BCUT2D eigenvalue weighted by molar-refractivity contribution is 7.89. The molecule has 198 valence electrons. The summed E-state index contributed by atoms with van der Waals surface area (Å²) in [6.45, 7) is 6.96. The van der Waals surface area contributed by atoms with Gasteiger partial charge in [0, 0.05) is 50.3 Å². The van der Waals surface area contributed by atoms with Gasteiger partial charge in [0.15, 0.2) is 5.03 Å². The van der Waals surface area contributed by atoms with Crippen molar-refractivity contribution in [1.82, 2.24) is 18.2 Å². The Bertz CT molecular complexity index is 1360. The highest BCUT2D eigenvalue weighted by Crippen LogP contribution is 2.34. The second-order valence-electron chi connectivity index (χ2n) is 9.49. The zero-order valence-corrected chi connectivity index (χ0v) is 23.0. The van der Waals surface area contributed by atoms with Gasteiger partial charge in [-0.05, 0) is 25.1 Å². The molecule has 3 atom stereocenters. The smallest absolute Gasteiger partial charge is 0.261 e. The van der Waals surface area contributed by atoms with Crippen LogP contribution in [-0.4, -0.2) is 79.0 Å². The second kappa shape index (κ2) is 10.9. The summed E-state index contributed by atoms with van der Waals surface area (Å²) in [5.41, 5.74) is 0.584. The average molecular weight is 539 g/mol. The van der Waals surface area contributed by atoms with Gasteiger partial charge in [-0.1, -0.05) is 32.6 Å². The number of aromatic nitrogens is 2. The Balaban J connectivity index is 2.06.